The van der Waals surface area contributed by atoms with Crippen LogP contribution >= 0.6 is 11.6 Å². The molecule has 0 saturated carbocycles. The highest BCUT2D eigenvalue weighted by molar-refractivity contribution is 6.29. The van der Waals surface area contributed by atoms with E-state index in [0.717, 1.165) is 0 Å². The molecule has 1 aromatic heterocycles. The van der Waals surface area contributed by atoms with Crippen molar-refractivity contribution in [3.05, 3.63) is 52.8 Å². The molecule has 0 amide bonds. The van der Waals surface area contributed by atoms with Gasteiger partial charge in [-0.2, -0.15) is 0 Å². The molecule has 1 heterocycles. The highest BCUT2D eigenvalue weighted by atomic mass is 35.5. The lowest BCUT2D eigenvalue weighted by Gasteiger charge is -2.16. The number of ether oxygens (including phenoxy) is 2. The van der Waals surface area contributed by atoms with Gasteiger partial charge in [0, 0.05) is 17.8 Å². The highest BCUT2D eigenvalue weighted by Gasteiger charge is 2.16. The van der Waals surface area contributed by atoms with Gasteiger partial charge in [0.1, 0.15) is 22.8 Å². The molecule has 0 spiro atoms. The number of hydrogen-bond acceptors (Lipinski definition) is 4. The highest BCUT2D eigenvalue weighted by Crippen LogP contribution is 2.33. The SMILES string of the molecule is COc1ccc(C(O)c2ccnc(Cl)c2)c(OC)c1. The number of aliphatic hydroxyl groups is 1. The summed E-state index contributed by atoms with van der Waals surface area (Å²) in [6, 6.07) is 8.58. The fraction of sp³-hybridized carbons (Fsp3) is 0.214. The van der Waals surface area contributed by atoms with E-state index >= 15 is 0 Å². The van der Waals surface area contributed by atoms with Crippen LogP contribution in [-0.2, 0) is 0 Å². The zero-order chi connectivity index (χ0) is 13.8. The van der Waals surface area contributed by atoms with Gasteiger partial charge >= 0.3 is 0 Å². The largest absolute Gasteiger partial charge is 0.497 e. The number of halogens is 1. The zero-order valence-electron chi connectivity index (χ0n) is 10.6. The summed E-state index contributed by atoms with van der Waals surface area (Å²) in [6.07, 6.45) is 0.720. The number of benzene rings is 1. The Bertz CT molecular complexity index is 574. The van der Waals surface area contributed by atoms with Crippen molar-refractivity contribution in [3.8, 4) is 11.5 Å². The third-order valence-corrected chi connectivity index (χ3v) is 3.01. The van der Waals surface area contributed by atoms with Gasteiger partial charge in [-0.15, -0.1) is 0 Å². The molecule has 0 aliphatic carbocycles. The van der Waals surface area contributed by atoms with Crippen LogP contribution in [-0.4, -0.2) is 24.3 Å². The van der Waals surface area contributed by atoms with Crippen LogP contribution in [0, 0.1) is 0 Å². The van der Waals surface area contributed by atoms with Crippen molar-refractivity contribution in [2.75, 3.05) is 14.2 Å². The fourth-order valence-corrected chi connectivity index (χ4v) is 1.99. The van der Waals surface area contributed by atoms with Crippen LogP contribution < -0.4 is 9.47 Å². The summed E-state index contributed by atoms with van der Waals surface area (Å²) >= 11 is 5.82. The molecule has 2 rings (SSSR count). The Morgan fingerprint density at radius 1 is 1.16 bits per heavy atom. The normalized spacial score (nSPS) is 12.0. The molecule has 0 bridgehead atoms. The average Bonchev–Trinajstić information content (AvgIpc) is 2.45. The third-order valence-electron chi connectivity index (χ3n) is 2.80. The van der Waals surface area contributed by atoms with Crippen LogP contribution in [0.4, 0.5) is 0 Å². The predicted molar refractivity (Wildman–Crippen MR) is 72.9 cm³/mol. The first-order valence-corrected chi connectivity index (χ1v) is 6.05. The van der Waals surface area contributed by atoms with Gasteiger partial charge in [0.2, 0.25) is 0 Å². The molecule has 2 aromatic rings. The number of nitrogens with zero attached hydrogens (tertiary/aromatic N) is 1. The van der Waals surface area contributed by atoms with E-state index in [1.54, 1.807) is 50.7 Å². The second-order valence-electron chi connectivity index (χ2n) is 3.92. The standard InChI is InChI=1S/C14H14ClNO3/c1-18-10-3-4-11(12(8-10)19-2)14(17)9-5-6-16-13(15)7-9/h3-8,14,17H,1-2H3. The molecule has 4 nitrogen and oxygen atoms in total. The van der Waals surface area contributed by atoms with Crippen molar-refractivity contribution in [1.29, 1.82) is 0 Å². The average molecular weight is 280 g/mol. The molecular weight excluding hydrogens is 266 g/mol. The summed E-state index contributed by atoms with van der Waals surface area (Å²) in [5, 5.41) is 10.7. The van der Waals surface area contributed by atoms with E-state index in [2.05, 4.69) is 4.98 Å². The zero-order valence-corrected chi connectivity index (χ0v) is 11.4. The van der Waals surface area contributed by atoms with Crippen LogP contribution in [0.25, 0.3) is 0 Å². The van der Waals surface area contributed by atoms with Crippen LogP contribution in [0.2, 0.25) is 5.15 Å². The van der Waals surface area contributed by atoms with Crippen molar-refractivity contribution in [2.45, 2.75) is 6.10 Å². The molecule has 0 fully saturated rings. The number of pyridine rings is 1. The lowest BCUT2D eigenvalue weighted by molar-refractivity contribution is 0.214. The lowest BCUT2D eigenvalue weighted by atomic mass is 10.0. The first kappa shape index (κ1) is 13.6. The minimum absolute atomic E-state index is 0.337. The van der Waals surface area contributed by atoms with Gasteiger partial charge < -0.3 is 14.6 Å². The molecule has 1 atom stereocenters. The van der Waals surface area contributed by atoms with Gasteiger partial charge in [0.15, 0.2) is 0 Å². The second kappa shape index (κ2) is 5.91. The van der Waals surface area contributed by atoms with Gasteiger partial charge in [-0.25, -0.2) is 4.98 Å². The van der Waals surface area contributed by atoms with Gasteiger partial charge in [-0.05, 0) is 29.8 Å². The molecule has 5 heteroatoms. The van der Waals surface area contributed by atoms with Crippen LogP contribution in [0.5, 0.6) is 11.5 Å². The smallest absolute Gasteiger partial charge is 0.129 e. The van der Waals surface area contributed by atoms with E-state index in [-0.39, 0.29) is 0 Å². The molecular formula is C14H14ClNO3. The topological polar surface area (TPSA) is 51.6 Å². The van der Waals surface area contributed by atoms with E-state index < -0.39 is 6.10 Å². The molecule has 0 saturated heterocycles. The molecule has 1 aromatic carbocycles. The molecule has 19 heavy (non-hydrogen) atoms. The summed E-state index contributed by atoms with van der Waals surface area (Å²) in [5.74, 6) is 1.22. The predicted octanol–water partition coefficient (Wildman–Crippen LogP) is 2.83. The number of aliphatic hydroxyl groups excluding tert-OH is 1. The van der Waals surface area contributed by atoms with Crippen LogP contribution in [0.1, 0.15) is 17.2 Å². The van der Waals surface area contributed by atoms with Gasteiger partial charge in [0.05, 0.1) is 14.2 Å². The van der Waals surface area contributed by atoms with Crippen molar-refractivity contribution < 1.29 is 14.6 Å². The van der Waals surface area contributed by atoms with E-state index in [4.69, 9.17) is 21.1 Å². The molecule has 1 N–H and O–H groups in total. The number of rotatable bonds is 4. The molecule has 100 valence electrons. The number of methoxy groups -OCH3 is 2. The Labute approximate surface area is 116 Å². The minimum Gasteiger partial charge on any atom is -0.497 e. The monoisotopic (exact) mass is 279 g/mol. The third kappa shape index (κ3) is 2.97. The van der Waals surface area contributed by atoms with Gasteiger partial charge in [-0.3, -0.25) is 0 Å². The Kier molecular flexibility index (Phi) is 4.24. The minimum atomic E-state index is -0.832. The first-order valence-electron chi connectivity index (χ1n) is 5.67. The number of aromatic nitrogens is 1. The molecule has 0 radical (unpaired) electrons. The summed E-state index contributed by atoms with van der Waals surface area (Å²) in [4.78, 5) is 3.89. The quantitative estimate of drug-likeness (QED) is 0.875. The summed E-state index contributed by atoms with van der Waals surface area (Å²) in [7, 11) is 3.12. The van der Waals surface area contributed by atoms with Crippen LogP contribution in [0.15, 0.2) is 36.5 Å². The van der Waals surface area contributed by atoms with Gasteiger partial charge in [0.25, 0.3) is 0 Å². The van der Waals surface area contributed by atoms with Crippen molar-refractivity contribution >= 4 is 11.6 Å². The summed E-state index contributed by atoms with van der Waals surface area (Å²) in [5.41, 5.74) is 1.30. The van der Waals surface area contributed by atoms with Crippen molar-refractivity contribution in [2.24, 2.45) is 0 Å². The number of hydrogen-bond donors (Lipinski definition) is 1. The molecule has 0 aliphatic rings. The first-order chi connectivity index (χ1) is 9.15. The molecule has 0 aliphatic heterocycles. The van der Waals surface area contributed by atoms with Crippen molar-refractivity contribution in [3.63, 3.8) is 0 Å². The Morgan fingerprint density at radius 3 is 2.58 bits per heavy atom. The maximum Gasteiger partial charge on any atom is 0.129 e. The lowest BCUT2D eigenvalue weighted by Crippen LogP contribution is -2.03. The van der Waals surface area contributed by atoms with E-state index in [1.165, 1.54) is 0 Å². The Hall–Kier alpha value is -1.78. The van der Waals surface area contributed by atoms with E-state index in [0.29, 0.717) is 27.8 Å². The van der Waals surface area contributed by atoms with E-state index in [9.17, 15) is 5.11 Å². The maximum atomic E-state index is 10.4. The van der Waals surface area contributed by atoms with Crippen LogP contribution in [0.3, 0.4) is 0 Å². The summed E-state index contributed by atoms with van der Waals surface area (Å²) in [6.45, 7) is 0. The van der Waals surface area contributed by atoms with Gasteiger partial charge in [-0.1, -0.05) is 11.6 Å². The van der Waals surface area contributed by atoms with Crippen molar-refractivity contribution in [1.82, 2.24) is 4.98 Å². The maximum absolute atomic E-state index is 10.4. The second-order valence-corrected chi connectivity index (χ2v) is 4.31. The fourth-order valence-electron chi connectivity index (χ4n) is 1.81. The Morgan fingerprint density at radius 2 is 1.95 bits per heavy atom. The summed E-state index contributed by atoms with van der Waals surface area (Å²) < 4.78 is 10.4. The van der Waals surface area contributed by atoms with E-state index in [1.807, 2.05) is 0 Å². The molecule has 1 unspecified atom stereocenters. The Balaban J connectivity index is 2.40.